The topological polar surface area (TPSA) is 112 Å². The van der Waals surface area contributed by atoms with Crippen LogP contribution >= 0.6 is 0 Å². The van der Waals surface area contributed by atoms with E-state index in [4.69, 9.17) is 10.2 Å². The van der Waals surface area contributed by atoms with Crippen molar-refractivity contribution >= 4 is 12.3 Å². The number of aliphatic hydroxyl groups excluding tert-OH is 2. The third-order valence-electron chi connectivity index (χ3n) is 0.976. The van der Waals surface area contributed by atoms with E-state index in [1.807, 2.05) is 0 Å². The van der Waals surface area contributed by atoms with Crippen LogP contribution in [0.1, 0.15) is 0 Å². The van der Waals surface area contributed by atoms with Crippen LogP contribution in [-0.4, -0.2) is 55.7 Å². The first kappa shape index (κ1) is 13.5. The van der Waals surface area contributed by atoms with Crippen LogP contribution in [0.15, 0.2) is 0 Å². The molecule has 0 aromatic carbocycles. The summed E-state index contributed by atoms with van der Waals surface area (Å²) in [5.41, 5.74) is 0. The van der Waals surface area contributed by atoms with Crippen LogP contribution < -0.4 is 0 Å². The predicted molar refractivity (Wildman–Crippen MR) is 43.9 cm³/mol. The van der Waals surface area contributed by atoms with Gasteiger partial charge in [-0.2, -0.15) is 0 Å². The van der Waals surface area contributed by atoms with Crippen molar-refractivity contribution in [1.82, 2.24) is 0 Å². The molecule has 0 spiro atoms. The molecular weight excluding hydrogens is 212 g/mol. The van der Waals surface area contributed by atoms with Crippen molar-refractivity contribution in [3.8, 4) is 0 Å². The number of carbonyl (C=O) groups excluding carboxylic acids is 2. The highest BCUT2D eigenvalue weighted by atomic mass is 16.8. The largest absolute Gasteiger partial charge is 0.511 e. The van der Waals surface area contributed by atoms with Gasteiger partial charge in [0.25, 0.3) is 0 Å². The molecule has 0 radical (unpaired) electrons. The van der Waals surface area contributed by atoms with Crippen molar-refractivity contribution in [2.45, 2.75) is 0 Å². The second-order valence-electron chi connectivity index (χ2n) is 2.05. The fraction of sp³-hybridized carbons (Fsp3) is 0.714. The molecule has 15 heavy (non-hydrogen) atoms. The molecular formula is C7H12O8. The molecule has 0 amide bonds. The number of aliphatic hydroxyl groups is 2. The lowest BCUT2D eigenvalue weighted by atomic mass is 10.8. The molecule has 0 aliphatic heterocycles. The molecule has 0 fully saturated rings. The zero-order valence-corrected chi connectivity index (χ0v) is 7.88. The molecule has 2 N–H and O–H groups in total. The first-order valence-electron chi connectivity index (χ1n) is 4.01. The Labute approximate surface area is 85.3 Å². The van der Waals surface area contributed by atoms with Gasteiger partial charge in [-0.25, -0.2) is 9.59 Å². The molecule has 0 bridgehead atoms. The molecule has 88 valence electrons. The quantitative estimate of drug-likeness (QED) is 0.447. The summed E-state index contributed by atoms with van der Waals surface area (Å²) in [5.74, 6) is 0. The van der Waals surface area contributed by atoms with Crippen LogP contribution in [0.4, 0.5) is 9.59 Å². The maximum atomic E-state index is 10.6. The summed E-state index contributed by atoms with van der Waals surface area (Å²) in [4.78, 5) is 21.1. The Balaban J connectivity index is 3.36. The zero-order chi connectivity index (χ0) is 11.5. The van der Waals surface area contributed by atoms with Crippen LogP contribution in [0.5, 0.6) is 0 Å². The van der Waals surface area contributed by atoms with Gasteiger partial charge in [-0.1, -0.05) is 0 Å². The molecule has 0 rings (SSSR count). The Morgan fingerprint density at radius 1 is 0.800 bits per heavy atom. The van der Waals surface area contributed by atoms with Crippen molar-refractivity contribution in [3.05, 3.63) is 0 Å². The summed E-state index contributed by atoms with van der Waals surface area (Å²) >= 11 is 0. The molecule has 0 unspecified atom stereocenters. The molecule has 0 atom stereocenters. The first-order chi connectivity index (χ1) is 7.20. The van der Waals surface area contributed by atoms with Gasteiger partial charge in [-0.15, -0.1) is 0 Å². The number of carbonyl (C=O) groups is 2. The van der Waals surface area contributed by atoms with E-state index in [1.165, 1.54) is 0 Å². The van der Waals surface area contributed by atoms with Gasteiger partial charge in [0.2, 0.25) is 6.79 Å². The summed E-state index contributed by atoms with van der Waals surface area (Å²) < 4.78 is 17.0. The molecule has 0 aromatic heterocycles. The van der Waals surface area contributed by atoms with Crippen molar-refractivity contribution < 1.29 is 38.7 Å². The van der Waals surface area contributed by atoms with E-state index in [1.54, 1.807) is 0 Å². The molecule has 0 aliphatic rings. The number of hydrogen-bond acceptors (Lipinski definition) is 8. The fourth-order valence-electron chi connectivity index (χ4n) is 0.467. The average Bonchev–Trinajstić information content (AvgIpc) is 2.23. The SMILES string of the molecule is O=C(OCCO)OCOC(=O)OCCO. The monoisotopic (exact) mass is 224 g/mol. The van der Waals surface area contributed by atoms with Crippen LogP contribution in [0.25, 0.3) is 0 Å². The van der Waals surface area contributed by atoms with Gasteiger partial charge in [-0.05, 0) is 0 Å². The molecule has 8 nitrogen and oxygen atoms in total. The van der Waals surface area contributed by atoms with Crippen molar-refractivity contribution in [2.75, 3.05) is 33.2 Å². The summed E-state index contributed by atoms with van der Waals surface area (Å²) in [6, 6.07) is 0. The molecule has 0 saturated heterocycles. The highest BCUT2D eigenvalue weighted by molar-refractivity contribution is 5.61. The maximum Gasteiger partial charge on any atom is 0.511 e. The van der Waals surface area contributed by atoms with Gasteiger partial charge in [-0.3, -0.25) is 0 Å². The standard InChI is InChI=1S/C7H12O8/c8-1-3-12-6(10)14-5-15-7(11)13-4-2-9/h8-9H,1-5H2. The minimum Gasteiger partial charge on any atom is -0.432 e. The van der Waals surface area contributed by atoms with Crippen molar-refractivity contribution in [3.63, 3.8) is 0 Å². The van der Waals surface area contributed by atoms with Crippen molar-refractivity contribution in [2.24, 2.45) is 0 Å². The van der Waals surface area contributed by atoms with E-state index in [2.05, 4.69) is 18.9 Å². The summed E-state index contributed by atoms with van der Waals surface area (Å²) in [5, 5.41) is 16.5. The van der Waals surface area contributed by atoms with E-state index in [0.717, 1.165) is 0 Å². The lowest BCUT2D eigenvalue weighted by Gasteiger charge is -2.06. The summed E-state index contributed by atoms with van der Waals surface area (Å²) in [6.45, 7) is -1.71. The summed E-state index contributed by atoms with van der Waals surface area (Å²) in [6.07, 6.45) is -2.14. The second kappa shape index (κ2) is 9.03. The van der Waals surface area contributed by atoms with Gasteiger partial charge in [0, 0.05) is 0 Å². The number of hydrogen-bond donors (Lipinski definition) is 2. The highest BCUT2D eigenvalue weighted by Crippen LogP contribution is 1.89. The molecule has 0 aromatic rings. The van der Waals surface area contributed by atoms with E-state index in [-0.39, 0.29) is 26.4 Å². The first-order valence-corrected chi connectivity index (χ1v) is 4.01. The Morgan fingerprint density at radius 2 is 1.20 bits per heavy atom. The second-order valence-corrected chi connectivity index (χ2v) is 2.05. The molecule has 0 aliphatic carbocycles. The molecule has 8 heteroatoms. The van der Waals surface area contributed by atoms with Crippen molar-refractivity contribution in [1.29, 1.82) is 0 Å². The van der Waals surface area contributed by atoms with E-state index in [0.29, 0.717) is 0 Å². The predicted octanol–water partition coefficient (Wildman–Crippen LogP) is -0.765. The minimum absolute atomic E-state index is 0.201. The molecule has 0 saturated carbocycles. The van der Waals surface area contributed by atoms with Gasteiger partial charge in [0.1, 0.15) is 13.2 Å². The lowest BCUT2D eigenvalue weighted by Crippen LogP contribution is -2.16. The van der Waals surface area contributed by atoms with Gasteiger partial charge >= 0.3 is 12.3 Å². The number of ether oxygens (including phenoxy) is 4. The Hall–Kier alpha value is -1.54. The smallest absolute Gasteiger partial charge is 0.432 e. The zero-order valence-electron chi connectivity index (χ0n) is 7.88. The highest BCUT2D eigenvalue weighted by Gasteiger charge is 2.06. The Morgan fingerprint density at radius 3 is 1.53 bits per heavy atom. The number of rotatable bonds is 6. The van der Waals surface area contributed by atoms with Crippen LogP contribution in [-0.2, 0) is 18.9 Å². The van der Waals surface area contributed by atoms with E-state index in [9.17, 15) is 9.59 Å². The molecule has 0 heterocycles. The maximum absolute atomic E-state index is 10.6. The van der Waals surface area contributed by atoms with Crippen LogP contribution in [0.3, 0.4) is 0 Å². The van der Waals surface area contributed by atoms with Crippen LogP contribution in [0, 0.1) is 0 Å². The lowest BCUT2D eigenvalue weighted by molar-refractivity contribution is -0.0427. The van der Waals surface area contributed by atoms with Gasteiger partial charge in [0.15, 0.2) is 0 Å². The third-order valence-corrected chi connectivity index (χ3v) is 0.976. The fourth-order valence-corrected chi connectivity index (χ4v) is 0.467. The van der Waals surface area contributed by atoms with E-state index >= 15 is 0 Å². The Bertz CT molecular complexity index is 171. The van der Waals surface area contributed by atoms with Crippen LogP contribution in [0.2, 0.25) is 0 Å². The summed E-state index contributed by atoms with van der Waals surface area (Å²) in [7, 11) is 0. The van der Waals surface area contributed by atoms with Gasteiger partial charge in [0.05, 0.1) is 13.2 Å². The van der Waals surface area contributed by atoms with E-state index < -0.39 is 19.1 Å². The van der Waals surface area contributed by atoms with Gasteiger partial charge < -0.3 is 29.2 Å². The normalized spacial score (nSPS) is 9.20. The average molecular weight is 224 g/mol. The third kappa shape index (κ3) is 8.78. The minimum atomic E-state index is -1.07. The Kier molecular flexibility index (Phi) is 8.10.